The molecule has 0 radical (unpaired) electrons. The lowest BCUT2D eigenvalue weighted by atomic mass is 9.83. The fraction of sp³-hybridized carbons (Fsp3) is 0.364. The number of aryl methyl sites for hydroxylation is 1. The minimum Gasteiger partial charge on any atom is -0.442 e. The van der Waals surface area contributed by atoms with E-state index in [1.807, 2.05) is 6.92 Å². The topological polar surface area (TPSA) is 79.5 Å². The molecule has 1 spiro atoms. The third-order valence-corrected chi connectivity index (χ3v) is 8.79. The van der Waals surface area contributed by atoms with Gasteiger partial charge in [0.15, 0.2) is 12.2 Å². The minimum atomic E-state index is -3.66. The third kappa shape index (κ3) is 3.56. The molecular weight excluding hydrogens is 451 g/mol. The number of anilines is 1. The first kappa shape index (κ1) is 21.3. The van der Waals surface area contributed by atoms with Crippen LogP contribution in [-0.2, 0) is 16.6 Å². The molecule has 2 atom stereocenters. The van der Waals surface area contributed by atoms with Crippen molar-refractivity contribution in [3.63, 3.8) is 0 Å². The standard InChI is InChI=1S/C22H23FN4O3S2/c1-15-11-22(7-9-32(28,29)27(22)18-5-3-4-17(23)10-18)6-8-26(15)12-19-20(30-13-24-19)21-16(2)25-14-31-21/h3-5,7,9-10,13-15H,6,8,11-12H2,1-2H3/t15-,22-/m0/s1. The number of piperidine rings is 1. The highest BCUT2D eigenvalue weighted by atomic mass is 32.2. The van der Waals surface area contributed by atoms with Gasteiger partial charge in [0.25, 0.3) is 10.0 Å². The predicted octanol–water partition coefficient (Wildman–Crippen LogP) is 4.33. The zero-order valence-electron chi connectivity index (χ0n) is 17.7. The summed E-state index contributed by atoms with van der Waals surface area (Å²) in [6, 6.07) is 5.86. The Morgan fingerprint density at radius 2 is 2.19 bits per heavy atom. The van der Waals surface area contributed by atoms with Gasteiger partial charge in [-0.2, -0.15) is 0 Å². The van der Waals surface area contributed by atoms with E-state index in [2.05, 4.69) is 21.8 Å². The van der Waals surface area contributed by atoms with E-state index < -0.39 is 21.4 Å². The average Bonchev–Trinajstić information content (AvgIpc) is 3.42. The number of oxazole rings is 1. The van der Waals surface area contributed by atoms with Crippen molar-refractivity contribution >= 4 is 27.0 Å². The Morgan fingerprint density at radius 3 is 2.91 bits per heavy atom. The molecule has 2 aliphatic rings. The first-order valence-corrected chi connectivity index (χ1v) is 12.7. The Hall–Kier alpha value is -2.56. The van der Waals surface area contributed by atoms with E-state index in [0.717, 1.165) is 22.0 Å². The molecule has 1 aromatic carbocycles. The molecule has 7 nitrogen and oxygen atoms in total. The van der Waals surface area contributed by atoms with Crippen molar-refractivity contribution in [3.8, 4) is 10.6 Å². The molecule has 0 amide bonds. The van der Waals surface area contributed by atoms with E-state index in [9.17, 15) is 12.8 Å². The summed E-state index contributed by atoms with van der Waals surface area (Å²) in [5.74, 6) is 0.282. The Balaban J connectivity index is 1.39. The fourth-order valence-electron chi connectivity index (χ4n) is 4.75. The van der Waals surface area contributed by atoms with Crippen molar-refractivity contribution < 1.29 is 17.2 Å². The molecule has 0 saturated carbocycles. The number of hydrogen-bond acceptors (Lipinski definition) is 7. The molecule has 32 heavy (non-hydrogen) atoms. The fourth-order valence-corrected chi connectivity index (χ4v) is 7.25. The molecular formula is C22H23FN4O3S2. The van der Waals surface area contributed by atoms with Crippen LogP contribution in [-0.4, -0.2) is 41.4 Å². The van der Waals surface area contributed by atoms with Crippen LogP contribution in [0.1, 0.15) is 31.2 Å². The maximum Gasteiger partial charge on any atom is 0.258 e. The third-order valence-electron chi connectivity index (χ3n) is 6.30. The summed E-state index contributed by atoms with van der Waals surface area (Å²) in [4.78, 5) is 12.0. The van der Waals surface area contributed by atoms with Gasteiger partial charge in [-0.05, 0) is 51.0 Å². The van der Waals surface area contributed by atoms with E-state index in [0.29, 0.717) is 31.6 Å². The van der Waals surface area contributed by atoms with E-state index >= 15 is 0 Å². The zero-order valence-corrected chi connectivity index (χ0v) is 19.4. The number of nitrogens with zero attached hydrogens (tertiary/aromatic N) is 4. The number of thiazole rings is 1. The highest BCUT2D eigenvalue weighted by Crippen LogP contribution is 2.43. The normalized spacial score (nSPS) is 25.1. The van der Waals surface area contributed by atoms with Crippen molar-refractivity contribution in [1.82, 2.24) is 14.9 Å². The second-order valence-electron chi connectivity index (χ2n) is 8.36. The van der Waals surface area contributed by atoms with Gasteiger partial charge in [0.1, 0.15) is 11.5 Å². The van der Waals surface area contributed by atoms with E-state index in [1.165, 1.54) is 45.6 Å². The minimum absolute atomic E-state index is 0.0740. The quantitative estimate of drug-likeness (QED) is 0.560. The molecule has 1 saturated heterocycles. The van der Waals surface area contributed by atoms with Gasteiger partial charge in [0.05, 0.1) is 27.3 Å². The van der Waals surface area contributed by atoms with Gasteiger partial charge in [-0.3, -0.25) is 9.21 Å². The molecule has 168 valence electrons. The largest absolute Gasteiger partial charge is 0.442 e. The number of sulfonamides is 1. The molecule has 2 aliphatic heterocycles. The lowest BCUT2D eigenvalue weighted by molar-refractivity contribution is 0.118. The second-order valence-corrected chi connectivity index (χ2v) is 10.9. The number of likely N-dealkylation sites (tertiary alicyclic amines) is 1. The summed E-state index contributed by atoms with van der Waals surface area (Å²) in [7, 11) is -3.66. The Bertz CT molecular complexity index is 1290. The van der Waals surface area contributed by atoms with Crippen molar-refractivity contribution in [2.24, 2.45) is 0 Å². The summed E-state index contributed by atoms with van der Waals surface area (Å²) >= 11 is 1.52. The molecule has 4 heterocycles. The van der Waals surface area contributed by atoms with Crippen molar-refractivity contribution in [2.45, 2.75) is 44.8 Å². The average molecular weight is 475 g/mol. The lowest BCUT2D eigenvalue weighted by Gasteiger charge is -2.47. The first-order valence-electron chi connectivity index (χ1n) is 10.4. The summed E-state index contributed by atoms with van der Waals surface area (Å²) in [6.45, 7) is 5.29. The Kier molecular flexibility index (Phi) is 5.18. The van der Waals surface area contributed by atoms with Gasteiger partial charge in [0, 0.05) is 24.5 Å². The van der Waals surface area contributed by atoms with Crippen LogP contribution in [0.25, 0.3) is 10.6 Å². The lowest BCUT2D eigenvalue weighted by Crippen LogP contribution is -2.56. The highest BCUT2D eigenvalue weighted by Gasteiger charge is 2.49. The number of hydrogen-bond donors (Lipinski definition) is 0. The number of aromatic nitrogens is 2. The molecule has 10 heteroatoms. The molecule has 0 bridgehead atoms. The van der Waals surface area contributed by atoms with Gasteiger partial charge in [0.2, 0.25) is 0 Å². The van der Waals surface area contributed by atoms with Gasteiger partial charge in [-0.25, -0.2) is 22.8 Å². The zero-order chi connectivity index (χ0) is 22.5. The van der Waals surface area contributed by atoms with E-state index in [-0.39, 0.29) is 6.04 Å². The van der Waals surface area contributed by atoms with Crippen molar-refractivity contribution in [2.75, 3.05) is 10.8 Å². The van der Waals surface area contributed by atoms with Crippen molar-refractivity contribution in [1.29, 1.82) is 0 Å². The predicted molar refractivity (Wildman–Crippen MR) is 121 cm³/mol. The maximum absolute atomic E-state index is 13.9. The summed E-state index contributed by atoms with van der Waals surface area (Å²) < 4.78 is 46.7. The van der Waals surface area contributed by atoms with Crippen LogP contribution in [0.2, 0.25) is 0 Å². The van der Waals surface area contributed by atoms with Gasteiger partial charge < -0.3 is 4.42 Å². The molecule has 3 aromatic rings. The van der Waals surface area contributed by atoms with Crippen molar-refractivity contribution in [3.05, 3.63) is 64.9 Å². The second kappa shape index (κ2) is 7.79. The van der Waals surface area contributed by atoms with Crippen LogP contribution in [0.4, 0.5) is 10.1 Å². The van der Waals surface area contributed by atoms with Crippen LogP contribution >= 0.6 is 11.3 Å². The smallest absolute Gasteiger partial charge is 0.258 e. The molecule has 2 aromatic heterocycles. The van der Waals surface area contributed by atoms with Crippen LogP contribution in [0.3, 0.4) is 0 Å². The van der Waals surface area contributed by atoms with E-state index in [4.69, 9.17) is 4.42 Å². The van der Waals surface area contributed by atoms with Gasteiger partial charge in [-0.15, -0.1) is 11.3 Å². The Labute approximate surface area is 190 Å². The van der Waals surface area contributed by atoms with Crippen LogP contribution in [0.15, 0.2) is 52.1 Å². The molecule has 1 fully saturated rings. The van der Waals surface area contributed by atoms with E-state index in [1.54, 1.807) is 17.7 Å². The SMILES string of the molecule is Cc1ncsc1-c1ocnc1CN1CC[C@]2(C=CS(=O)(=O)N2c2cccc(F)c2)C[C@@H]1C. The molecule has 0 aliphatic carbocycles. The van der Waals surface area contributed by atoms with Crippen LogP contribution in [0.5, 0.6) is 0 Å². The first-order chi connectivity index (χ1) is 15.3. The Morgan fingerprint density at radius 1 is 1.34 bits per heavy atom. The van der Waals surface area contributed by atoms with Crippen LogP contribution in [0, 0.1) is 12.7 Å². The number of rotatable bonds is 4. The molecule has 0 N–H and O–H groups in total. The van der Waals surface area contributed by atoms with Crippen LogP contribution < -0.4 is 4.31 Å². The molecule has 0 unspecified atom stereocenters. The highest BCUT2D eigenvalue weighted by molar-refractivity contribution is 7.96. The van der Waals surface area contributed by atoms with Gasteiger partial charge >= 0.3 is 0 Å². The maximum atomic E-state index is 13.9. The summed E-state index contributed by atoms with van der Waals surface area (Å²) in [6.07, 6.45) is 4.41. The number of halogens is 1. The monoisotopic (exact) mass is 474 g/mol. The molecule has 5 rings (SSSR count). The summed E-state index contributed by atoms with van der Waals surface area (Å²) in [5.41, 5.74) is 3.19. The van der Waals surface area contributed by atoms with Gasteiger partial charge in [-0.1, -0.05) is 6.07 Å². The number of benzene rings is 1. The summed E-state index contributed by atoms with van der Waals surface area (Å²) in [5, 5.41) is 1.25.